The van der Waals surface area contributed by atoms with Gasteiger partial charge in [0, 0.05) is 99.6 Å². The third-order valence-electron chi connectivity index (χ3n) is 15.0. The molecule has 5 aliphatic heterocycles. The van der Waals surface area contributed by atoms with Crippen LogP contribution in [0.15, 0.2) is 29.8 Å². The summed E-state index contributed by atoms with van der Waals surface area (Å²) in [4.78, 5) is 79.0. The first kappa shape index (κ1) is 57.7. The predicted molar refractivity (Wildman–Crippen MR) is 281 cm³/mol. The molecule has 24 heteroatoms. The molecule has 1 spiro atoms. The number of likely N-dealkylation sites (tertiary alicyclic amines) is 1. The normalized spacial score (nSPS) is 23.1. The molecule has 5 aliphatic rings. The lowest BCUT2D eigenvalue weighted by molar-refractivity contribution is -0.155. The van der Waals surface area contributed by atoms with Crippen molar-refractivity contribution in [1.82, 2.24) is 45.4 Å². The van der Waals surface area contributed by atoms with Gasteiger partial charge < -0.3 is 39.4 Å². The molecule has 77 heavy (non-hydrogen) atoms. The standard InChI is InChI=1S/C44H56F4N8O5S.C9H12ClFN2O2/c1-25(2)15-37(57)50-34-19-38-51-35(22-62-38)29-17-28-31(20-43(4,5)24-61-42(59)33-9-8-10-56(52-33)41(34)58)40(55(23-44(46,47)48)36(28)18-32(29)45)30-16-27(21-49-39(30)26(3)60-7)54-13-11-53(6)12-14-54;10-6(11)7(14)13-4-2-9(5-13)1-3-12-8(9)15/h16-18,21-22,25-26,33-34,52H,8-15,19-20,23-24H2,1-7H3,(H,50,57);6H,1-5H2,(H,12,15)/t26?,33?,34-;6?,9-/m00/s1. The summed E-state index contributed by atoms with van der Waals surface area (Å²) in [7, 11) is 3.54. The van der Waals surface area contributed by atoms with Gasteiger partial charge in [-0.15, -0.1) is 11.3 Å². The largest absolute Gasteiger partial charge is 0.464 e. The van der Waals surface area contributed by atoms with Gasteiger partial charge in [0.1, 0.15) is 24.4 Å². The van der Waals surface area contributed by atoms with Gasteiger partial charge in [0.25, 0.3) is 17.4 Å². The fraction of sp³-hybridized carbons (Fsp3) is 0.604. The summed E-state index contributed by atoms with van der Waals surface area (Å²) in [5, 5.41) is 9.38. The van der Waals surface area contributed by atoms with E-state index < -0.39 is 71.0 Å². The number of carbonyl (C=O) groups excluding carboxylic acids is 5. The van der Waals surface area contributed by atoms with Gasteiger partial charge in [-0.2, -0.15) is 13.2 Å². The van der Waals surface area contributed by atoms with Crippen LogP contribution in [0.25, 0.3) is 33.4 Å². The van der Waals surface area contributed by atoms with E-state index in [0.29, 0.717) is 79.2 Å². The quantitative estimate of drug-likeness (QED) is 0.0894. The van der Waals surface area contributed by atoms with Crippen molar-refractivity contribution < 1.29 is 55.4 Å². The van der Waals surface area contributed by atoms with Gasteiger partial charge >= 0.3 is 12.1 Å². The number of rotatable bonds is 9. The molecule has 8 heterocycles. The van der Waals surface area contributed by atoms with Crippen LogP contribution < -0.4 is 21.0 Å². The summed E-state index contributed by atoms with van der Waals surface area (Å²) in [5.74, 6) is -2.90. The Morgan fingerprint density at radius 3 is 2.44 bits per heavy atom. The number of nitrogens with zero attached hydrogens (tertiary/aromatic N) is 7. The Kier molecular flexibility index (Phi) is 17.6. The number of esters is 1. The maximum absolute atomic E-state index is 16.6. The van der Waals surface area contributed by atoms with Crippen LogP contribution in [0, 0.1) is 22.6 Å². The van der Waals surface area contributed by atoms with Crippen molar-refractivity contribution in [2.45, 2.75) is 116 Å². The number of methoxy groups -OCH3 is 1. The van der Waals surface area contributed by atoms with E-state index in [0.717, 1.165) is 35.8 Å². The van der Waals surface area contributed by atoms with Crippen LogP contribution in [0.5, 0.6) is 0 Å². The highest BCUT2D eigenvalue weighted by Crippen LogP contribution is 2.45. The third kappa shape index (κ3) is 13.2. The Morgan fingerprint density at radius 2 is 1.78 bits per heavy atom. The maximum Gasteiger partial charge on any atom is 0.406 e. The van der Waals surface area contributed by atoms with Gasteiger partial charge in [-0.05, 0) is 75.8 Å². The number of hydrogen-bond acceptors (Lipinski definition) is 13. The van der Waals surface area contributed by atoms with Crippen LogP contribution >= 0.6 is 22.9 Å². The second-order valence-electron chi connectivity index (χ2n) is 22.1. The van der Waals surface area contributed by atoms with Crippen molar-refractivity contribution in [1.29, 1.82) is 0 Å². The number of cyclic esters (lactones) is 1. The van der Waals surface area contributed by atoms with E-state index in [2.05, 4.69) is 25.9 Å². The number of piperazine rings is 1. The Balaban J connectivity index is 0.000000447. The topological polar surface area (TPSA) is 184 Å². The lowest BCUT2D eigenvalue weighted by Crippen LogP contribution is -2.60. The molecule has 17 nitrogen and oxygen atoms in total. The molecule has 0 saturated carbocycles. The van der Waals surface area contributed by atoms with Crippen LogP contribution in [0.1, 0.15) is 89.1 Å². The number of hydrogen-bond donors (Lipinski definition) is 3. The summed E-state index contributed by atoms with van der Waals surface area (Å²) < 4.78 is 86.7. The minimum atomic E-state index is -4.71. The number of alkyl halides is 5. The van der Waals surface area contributed by atoms with E-state index >= 15 is 4.39 Å². The molecule has 3 unspecified atom stereocenters. The number of amides is 4. The Labute approximate surface area is 453 Å². The zero-order valence-corrected chi connectivity index (χ0v) is 46.0. The molecular weight excluding hydrogens is 1050 g/mol. The van der Waals surface area contributed by atoms with E-state index in [1.165, 1.54) is 28.4 Å². The van der Waals surface area contributed by atoms with Crippen LogP contribution in [0.3, 0.4) is 0 Å². The van der Waals surface area contributed by atoms with Crippen molar-refractivity contribution in [3.8, 4) is 22.5 Å². The minimum absolute atomic E-state index is 0.0207. The zero-order chi connectivity index (χ0) is 55.7. The minimum Gasteiger partial charge on any atom is -0.464 e. The Morgan fingerprint density at radius 1 is 1.04 bits per heavy atom. The van der Waals surface area contributed by atoms with E-state index in [-0.39, 0.29) is 72.6 Å². The monoisotopic (exact) mass is 1120 g/mol. The van der Waals surface area contributed by atoms with E-state index in [9.17, 15) is 41.5 Å². The average molecular weight is 1120 g/mol. The van der Waals surface area contributed by atoms with Crippen molar-refractivity contribution in [3.63, 3.8) is 0 Å². The molecule has 6 bridgehead atoms. The van der Waals surface area contributed by atoms with Crippen LogP contribution in [-0.4, -0.2) is 156 Å². The molecule has 3 aromatic heterocycles. The number of anilines is 1. The molecule has 1 aromatic carbocycles. The summed E-state index contributed by atoms with van der Waals surface area (Å²) in [6.45, 7) is 12.3. The molecule has 9 rings (SSSR count). The second kappa shape index (κ2) is 23.5. The highest BCUT2D eigenvalue weighted by molar-refractivity contribution is 7.10. The van der Waals surface area contributed by atoms with Gasteiger partial charge in [-0.3, -0.25) is 34.0 Å². The maximum atomic E-state index is 16.6. The SMILES string of the molecule is COC(C)c1ncc(N2CCN(C)CC2)cc1-c1c2c3cc(c(F)cc3n1CC(F)(F)F)-c1csc(n1)C[C@H](NC(=O)CC(C)C)C(=O)N1CCCC(N1)C(=O)OCC(C)(C)C2.O=C(C(F)Cl)N1CC[C@@]2(CCNC2=O)C1. The number of ether oxygens (including phenoxy) is 2. The van der Waals surface area contributed by atoms with Gasteiger partial charge in [-0.1, -0.05) is 39.3 Å². The fourth-order valence-electron chi connectivity index (χ4n) is 10.8. The number of pyridine rings is 1. The average Bonchev–Trinajstić information content (AvgIpc) is 4.25. The number of likely N-dealkylation sites (N-methyl/N-ethyl adjacent to an activating group) is 1. The number of nitrogens with one attached hydrogen (secondary N) is 3. The first-order chi connectivity index (χ1) is 36.4. The summed E-state index contributed by atoms with van der Waals surface area (Å²) >= 11 is 6.26. The fourth-order valence-corrected chi connectivity index (χ4v) is 11.8. The number of thiazole rings is 1. The second-order valence-corrected chi connectivity index (χ2v) is 23.4. The first-order valence-electron chi connectivity index (χ1n) is 26.1. The molecule has 3 N–H and O–H groups in total. The Hall–Kier alpha value is -5.49. The van der Waals surface area contributed by atoms with Gasteiger partial charge in [0.15, 0.2) is 0 Å². The number of aromatic nitrogens is 3. The molecule has 5 atom stereocenters. The highest BCUT2D eigenvalue weighted by atomic mass is 35.5. The molecule has 0 radical (unpaired) electrons. The van der Waals surface area contributed by atoms with E-state index in [1.54, 1.807) is 24.6 Å². The summed E-state index contributed by atoms with van der Waals surface area (Å²) in [5.41, 5.74) is 2.26. The van der Waals surface area contributed by atoms with Crippen LogP contribution in [0.2, 0.25) is 0 Å². The predicted octanol–water partition coefficient (Wildman–Crippen LogP) is 6.94. The van der Waals surface area contributed by atoms with Gasteiger partial charge in [0.2, 0.25) is 11.8 Å². The number of halogens is 6. The molecule has 4 fully saturated rings. The molecule has 0 aliphatic carbocycles. The number of benzene rings is 1. The van der Waals surface area contributed by atoms with Crippen LogP contribution in [0.4, 0.5) is 27.6 Å². The zero-order valence-electron chi connectivity index (χ0n) is 44.5. The van der Waals surface area contributed by atoms with Crippen molar-refractivity contribution in [2.24, 2.45) is 16.7 Å². The van der Waals surface area contributed by atoms with Crippen molar-refractivity contribution >= 4 is 69.1 Å². The molecule has 4 aromatic rings. The third-order valence-corrected chi connectivity index (χ3v) is 16.1. The first-order valence-corrected chi connectivity index (χ1v) is 27.4. The molecule has 4 saturated heterocycles. The molecule has 420 valence electrons. The summed E-state index contributed by atoms with van der Waals surface area (Å²) in [6.07, 6.45) is -1.13. The number of carbonyl (C=O) groups is 5. The van der Waals surface area contributed by atoms with E-state index in [1.807, 2.05) is 40.8 Å². The number of fused-ring (bicyclic) bond motifs is 6. The highest BCUT2D eigenvalue weighted by Gasteiger charge is 2.49. The van der Waals surface area contributed by atoms with E-state index in [4.69, 9.17) is 31.0 Å². The lowest BCUT2D eigenvalue weighted by atomic mass is 9.84. The van der Waals surface area contributed by atoms with Crippen molar-refractivity contribution in [2.75, 3.05) is 78.0 Å². The van der Waals surface area contributed by atoms with Gasteiger partial charge in [0.05, 0.1) is 57.6 Å². The van der Waals surface area contributed by atoms with Crippen LogP contribution in [-0.2, 0) is 52.8 Å². The van der Waals surface area contributed by atoms with Gasteiger partial charge in [-0.25, -0.2) is 19.2 Å². The molecule has 4 amide bonds. The molecular formula is C53H68ClF5N10O7S. The number of hydrazine groups is 1. The van der Waals surface area contributed by atoms with Crippen molar-refractivity contribution in [3.05, 3.63) is 51.9 Å². The lowest BCUT2D eigenvalue weighted by Gasteiger charge is -2.35. The summed E-state index contributed by atoms with van der Waals surface area (Å²) in [6, 6.07) is 2.62. The Bertz CT molecular complexity index is 2860. The smallest absolute Gasteiger partial charge is 0.406 e.